The van der Waals surface area contributed by atoms with Crippen LogP contribution in [-0.4, -0.2) is 61.9 Å². The lowest BCUT2D eigenvalue weighted by atomic mass is 10.2. The largest absolute Gasteiger partial charge is 0.462 e. The van der Waals surface area contributed by atoms with Crippen molar-refractivity contribution in [1.29, 1.82) is 0 Å². The Morgan fingerprint density at radius 1 is 1.19 bits per heavy atom. The first-order chi connectivity index (χ1) is 12.5. The highest BCUT2D eigenvalue weighted by Crippen LogP contribution is 2.11. The number of carbonyl (C=O) groups is 2. The van der Waals surface area contributed by atoms with E-state index in [1.807, 2.05) is 6.92 Å². The maximum Gasteiger partial charge on any atom is 0.338 e. The smallest absolute Gasteiger partial charge is 0.338 e. The molecule has 144 valence electrons. The number of rotatable bonds is 7. The Hall–Kier alpha value is -2.12. The molecule has 2 N–H and O–H groups in total. The summed E-state index contributed by atoms with van der Waals surface area (Å²) in [6, 6.07) is 6.40. The molecule has 1 aromatic carbocycles. The van der Waals surface area contributed by atoms with Crippen LogP contribution < -0.4 is 10.6 Å². The lowest BCUT2D eigenvalue weighted by Gasteiger charge is -2.35. The molecule has 2 amide bonds. The van der Waals surface area contributed by atoms with Crippen LogP contribution in [0.1, 0.15) is 37.6 Å². The molecular formula is C19H29N3O4. The zero-order valence-corrected chi connectivity index (χ0v) is 15.8. The average molecular weight is 363 g/mol. The third-order valence-electron chi connectivity index (χ3n) is 4.02. The van der Waals surface area contributed by atoms with Crippen LogP contribution in [0.2, 0.25) is 0 Å². The van der Waals surface area contributed by atoms with E-state index in [1.54, 1.807) is 24.3 Å². The van der Waals surface area contributed by atoms with Gasteiger partial charge >= 0.3 is 12.0 Å². The van der Waals surface area contributed by atoms with Gasteiger partial charge in [0, 0.05) is 31.9 Å². The van der Waals surface area contributed by atoms with Gasteiger partial charge in [0.2, 0.25) is 0 Å². The second-order valence-corrected chi connectivity index (χ2v) is 6.61. The van der Waals surface area contributed by atoms with Crippen molar-refractivity contribution in [2.24, 2.45) is 0 Å². The van der Waals surface area contributed by atoms with E-state index in [0.717, 1.165) is 26.1 Å². The number of amides is 2. The lowest BCUT2D eigenvalue weighted by molar-refractivity contribution is -0.0672. The van der Waals surface area contributed by atoms with Crippen LogP contribution in [0.25, 0.3) is 0 Å². The Kier molecular flexibility index (Phi) is 7.87. The van der Waals surface area contributed by atoms with E-state index in [2.05, 4.69) is 29.4 Å². The molecule has 7 heteroatoms. The summed E-state index contributed by atoms with van der Waals surface area (Å²) in [5.41, 5.74) is 1.10. The van der Waals surface area contributed by atoms with E-state index in [1.165, 1.54) is 0 Å². The number of ether oxygens (including phenoxy) is 2. The Morgan fingerprint density at radius 3 is 2.46 bits per heavy atom. The van der Waals surface area contributed by atoms with Gasteiger partial charge < -0.3 is 20.1 Å². The van der Waals surface area contributed by atoms with Crippen molar-refractivity contribution in [3.63, 3.8) is 0 Å². The molecule has 0 aliphatic carbocycles. The minimum absolute atomic E-state index is 0.218. The summed E-state index contributed by atoms with van der Waals surface area (Å²) in [4.78, 5) is 26.0. The molecule has 1 fully saturated rings. The molecule has 1 aliphatic heterocycles. The molecule has 0 spiro atoms. The van der Waals surface area contributed by atoms with Crippen molar-refractivity contribution in [2.45, 2.75) is 39.4 Å². The fourth-order valence-electron chi connectivity index (χ4n) is 2.94. The van der Waals surface area contributed by atoms with Crippen molar-refractivity contribution in [3.8, 4) is 0 Å². The van der Waals surface area contributed by atoms with Crippen molar-refractivity contribution < 1.29 is 19.1 Å². The SMILES string of the molecule is CCCOC(=O)c1ccc(NC(=O)NCCN2C[C@@H](C)O[C@H](C)C2)cc1. The molecule has 0 unspecified atom stereocenters. The number of benzene rings is 1. The van der Waals surface area contributed by atoms with E-state index in [4.69, 9.17) is 9.47 Å². The first kappa shape index (κ1) is 20.2. The van der Waals surface area contributed by atoms with Crippen LogP contribution in [0.5, 0.6) is 0 Å². The summed E-state index contributed by atoms with van der Waals surface area (Å²) >= 11 is 0. The summed E-state index contributed by atoms with van der Waals surface area (Å²) in [7, 11) is 0. The van der Waals surface area contributed by atoms with Crippen LogP contribution >= 0.6 is 0 Å². The van der Waals surface area contributed by atoms with Gasteiger partial charge in [0.05, 0.1) is 24.4 Å². The predicted molar refractivity (Wildman–Crippen MR) is 100 cm³/mol. The normalized spacial score (nSPS) is 20.4. The number of nitrogens with zero attached hydrogens (tertiary/aromatic N) is 1. The molecule has 0 saturated carbocycles. The highest BCUT2D eigenvalue weighted by atomic mass is 16.5. The number of nitrogens with one attached hydrogen (secondary N) is 2. The maximum absolute atomic E-state index is 12.0. The number of hydrogen-bond acceptors (Lipinski definition) is 5. The highest BCUT2D eigenvalue weighted by molar-refractivity contribution is 5.92. The minimum Gasteiger partial charge on any atom is -0.462 e. The Labute approximate surface area is 155 Å². The van der Waals surface area contributed by atoms with Gasteiger partial charge in [-0.25, -0.2) is 9.59 Å². The molecule has 2 atom stereocenters. The number of anilines is 1. The van der Waals surface area contributed by atoms with Gasteiger partial charge in [0.15, 0.2) is 0 Å². The van der Waals surface area contributed by atoms with E-state index in [9.17, 15) is 9.59 Å². The summed E-state index contributed by atoms with van der Waals surface area (Å²) in [6.45, 7) is 9.57. The van der Waals surface area contributed by atoms with Gasteiger partial charge in [0.1, 0.15) is 0 Å². The zero-order valence-electron chi connectivity index (χ0n) is 15.8. The van der Waals surface area contributed by atoms with Gasteiger partial charge in [-0.15, -0.1) is 0 Å². The van der Waals surface area contributed by atoms with Gasteiger partial charge in [-0.3, -0.25) is 4.90 Å². The van der Waals surface area contributed by atoms with Crippen molar-refractivity contribution >= 4 is 17.7 Å². The zero-order chi connectivity index (χ0) is 18.9. The molecule has 0 aromatic heterocycles. The molecule has 26 heavy (non-hydrogen) atoms. The Bertz CT molecular complexity index is 581. The highest BCUT2D eigenvalue weighted by Gasteiger charge is 2.21. The second-order valence-electron chi connectivity index (χ2n) is 6.61. The molecule has 1 aromatic rings. The maximum atomic E-state index is 12.0. The summed E-state index contributed by atoms with van der Waals surface area (Å²) in [5.74, 6) is -0.350. The van der Waals surface area contributed by atoms with Gasteiger partial charge in [0.25, 0.3) is 0 Å². The molecule has 0 radical (unpaired) electrons. The topological polar surface area (TPSA) is 79.9 Å². The van der Waals surface area contributed by atoms with Crippen LogP contribution in [0.15, 0.2) is 24.3 Å². The van der Waals surface area contributed by atoms with E-state index < -0.39 is 0 Å². The molecule has 2 rings (SSSR count). The fraction of sp³-hybridized carbons (Fsp3) is 0.579. The van der Waals surface area contributed by atoms with Crippen LogP contribution in [0.4, 0.5) is 10.5 Å². The first-order valence-corrected chi connectivity index (χ1v) is 9.17. The van der Waals surface area contributed by atoms with Crippen LogP contribution in [0.3, 0.4) is 0 Å². The van der Waals surface area contributed by atoms with Gasteiger partial charge in [-0.05, 0) is 44.5 Å². The number of carbonyl (C=O) groups excluding carboxylic acids is 2. The lowest BCUT2D eigenvalue weighted by Crippen LogP contribution is -2.48. The average Bonchev–Trinajstić information content (AvgIpc) is 2.59. The van der Waals surface area contributed by atoms with Gasteiger partial charge in [-0.1, -0.05) is 6.92 Å². The molecule has 1 aliphatic rings. The molecular weight excluding hydrogens is 334 g/mol. The number of urea groups is 1. The first-order valence-electron chi connectivity index (χ1n) is 9.17. The third kappa shape index (κ3) is 6.65. The molecule has 7 nitrogen and oxygen atoms in total. The fourth-order valence-corrected chi connectivity index (χ4v) is 2.94. The second kappa shape index (κ2) is 10.1. The standard InChI is InChI=1S/C19H29N3O4/c1-4-11-25-18(23)16-5-7-17(8-6-16)21-19(24)20-9-10-22-12-14(2)26-15(3)13-22/h5-8,14-15H,4,9-13H2,1-3H3,(H2,20,21,24)/t14-,15-/m1/s1. The number of hydrogen-bond donors (Lipinski definition) is 2. The van der Waals surface area contributed by atoms with E-state index in [-0.39, 0.29) is 24.2 Å². The number of morpholine rings is 1. The molecule has 0 bridgehead atoms. The monoisotopic (exact) mass is 363 g/mol. The predicted octanol–water partition coefficient (Wildman–Crippen LogP) is 2.48. The van der Waals surface area contributed by atoms with Crippen LogP contribution in [-0.2, 0) is 9.47 Å². The summed E-state index contributed by atoms with van der Waals surface area (Å²) in [6.07, 6.45) is 1.22. The van der Waals surface area contributed by atoms with Crippen molar-refractivity contribution in [3.05, 3.63) is 29.8 Å². The number of esters is 1. The Balaban J connectivity index is 1.71. The molecule has 1 heterocycles. The Morgan fingerprint density at radius 2 is 1.85 bits per heavy atom. The summed E-state index contributed by atoms with van der Waals surface area (Å²) < 4.78 is 10.8. The van der Waals surface area contributed by atoms with Crippen LogP contribution in [0, 0.1) is 0 Å². The van der Waals surface area contributed by atoms with E-state index >= 15 is 0 Å². The summed E-state index contributed by atoms with van der Waals surface area (Å²) in [5, 5.41) is 5.61. The van der Waals surface area contributed by atoms with Crippen molar-refractivity contribution in [2.75, 3.05) is 38.1 Å². The third-order valence-corrected chi connectivity index (χ3v) is 4.02. The quantitative estimate of drug-likeness (QED) is 0.728. The van der Waals surface area contributed by atoms with E-state index in [0.29, 0.717) is 24.4 Å². The molecule has 1 saturated heterocycles. The van der Waals surface area contributed by atoms with Crippen molar-refractivity contribution in [1.82, 2.24) is 10.2 Å². The van der Waals surface area contributed by atoms with Gasteiger partial charge in [-0.2, -0.15) is 0 Å². The minimum atomic E-state index is -0.350.